The first-order valence-electron chi connectivity index (χ1n) is 8.06. The Labute approximate surface area is 142 Å². The van der Waals surface area contributed by atoms with Gasteiger partial charge in [0.15, 0.2) is 5.96 Å². The van der Waals surface area contributed by atoms with E-state index in [-0.39, 0.29) is 5.91 Å². The third-order valence-electron chi connectivity index (χ3n) is 4.02. The van der Waals surface area contributed by atoms with Crippen LogP contribution in [0.3, 0.4) is 0 Å². The molecule has 5 nitrogen and oxygen atoms in total. The molecule has 3 rings (SSSR count). The molecule has 0 saturated heterocycles. The summed E-state index contributed by atoms with van der Waals surface area (Å²) in [7, 11) is 0. The summed E-state index contributed by atoms with van der Waals surface area (Å²) in [5.74, 6) is 0.479. The maximum atomic E-state index is 12.1. The Bertz CT molecular complexity index is 777. The normalized spacial score (nSPS) is 14.0. The number of nitrogens with one attached hydrogen (secondary N) is 1. The molecule has 0 saturated carbocycles. The lowest BCUT2D eigenvalue weighted by Gasteiger charge is -2.16. The largest absolute Gasteiger partial charge is 0.370 e. The van der Waals surface area contributed by atoms with E-state index in [0.717, 1.165) is 16.9 Å². The van der Waals surface area contributed by atoms with Crippen molar-refractivity contribution in [3.8, 4) is 0 Å². The third-order valence-corrected chi connectivity index (χ3v) is 4.02. The first kappa shape index (κ1) is 16.1. The van der Waals surface area contributed by atoms with E-state index >= 15 is 0 Å². The molecule has 0 unspecified atom stereocenters. The fraction of sp³-hybridized carbons (Fsp3) is 0.263. The smallest absolute Gasteiger partial charge is 0.231 e. The minimum absolute atomic E-state index is 0.118. The highest BCUT2D eigenvalue weighted by atomic mass is 16.2. The second-order valence-corrected chi connectivity index (χ2v) is 6.12. The first-order valence-corrected chi connectivity index (χ1v) is 8.06. The van der Waals surface area contributed by atoms with E-state index in [2.05, 4.69) is 16.4 Å². The number of carbonyl (C=O) groups is 1. The number of anilines is 2. The van der Waals surface area contributed by atoms with Crippen molar-refractivity contribution in [1.82, 2.24) is 0 Å². The van der Waals surface area contributed by atoms with Gasteiger partial charge < -0.3 is 16.0 Å². The van der Waals surface area contributed by atoms with Crippen LogP contribution in [0.5, 0.6) is 0 Å². The number of aliphatic imine (C=N–C) groups is 1. The van der Waals surface area contributed by atoms with Crippen molar-refractivity contribution < 1.29 is 4.79 Å². The number of hydrogen-bond acceptors (Lipinski definition) is 2. The Kier molecular flexibility index (Phi) is 4.51. The molecule has 1 aliphatic heterocycles. The third kappa shape index (κ3) is 3.56. The molecule has 1 heterocycles. The van der Waals surface area contributed by atoms with Crippen molar-refractivity contribution in [3.05, 3.63) is 59.2 Å². The summed E-state index contributed by atoms with van der Waals surface area (Å²) in [6.07, 6.45) is 0.468. The zero-order valence-electron chi connectivity index (χ0n) is 14.0. The Hall–Kier alpha value is -2.82. The fourth-order valence-corrected chi connectivity index (χ4v) is 3.07. The average Bonchev–Trinajstić information content (AvgIpc) is 2.82. The number of carbonyl (C=O) groups excluding carboxylic acids is 1. The van der Waals surface area contributed by atoms with Crippen molar-refractivity contribution in [2.75, 3.05) is 23.3 Å². The zero-order chi connectivity index (χ0) is 17.1. The van der Waals surface area contributed by atoms with Crippen molar-refractivity contribution in [1.29, 1.82) is 0 Å². The van der Waals surface area contributed by atoms with Gasteiger partial charge in [-0.2, -0.15) is 0 Å². The molecule has 0 radical (unpaired) electrons. The molecule has 0 spiro atoms. The second kappa shape index (κ2) is 6.74. The summed E-state index contributed by atoms with van der Waals surface area (Å²) >= 11 is 0. The molecular weight excluding hydrogens is 300 g/mol. The lowest BCUT2D eigenvalue weighted by Crippen LogP contribution is -2.31. The van der Waals surface area contributed by atoms with Gasteiger partial charge in [0, 0.05) is 17.9 Å². The van der Waals surface area contributed by atoms with Gasteiger partial charge in [-0.3, -0.25) is 9.79 Å². The number of fused-ring (bicyclic) bond motifs is 1. The quantitative estimate of drug-likeness (QED) is 0.671. The maximum absolute atomic E-state index is 12.1. The number of aryl methyl sites for hydroxylation is 2. The van der Waals surface area contributed by atoms with Crippen molar-refractivity contribution >= 4 is 23.2 Å². The van der Waals surface area contributed by atoms with Gasteiger partial charge >= 0.3 is 0 Å². The van der Waals surface area contributed by atoms with Crippen LogP contribution in [0.15, 0.2) is 47.5 Å². The van der Waals surface area contributed by atoms with Gasteiger partial charge in [0.05, 0.1) is 13.0 Å². The van der Waals surface area contributed by atoms with Crippen molar-refractivity contribution in [2.24, 2.45) is 10.7 Å². The van der Waals surface area contributed by atoms with Crippen LogP contribution in [0.1, 0.15) is 16.7 Å². The number of benzene rings is 2. The highest BCUT2D eigenvalue weighted by molar-refractivity contribution is 6.01. The molecule has 3 N–H and O–H groups in total. The topological polar surface area (TPSA) is 70.7 Å². The lowest BCUT2D eigenvalue weighted by atomic mass is 10.1. The summed E-state index contributed by atoms with van der Waals surface area (Å²) in [6.45, 7) is 5.08. The predicted molar refractivity (Wildman–Crippen MR) is 98.5 cm³/mol. The monoisotopic (exact) mass is 322 g/mol. The Balaban J connectivity index is 1.61. The summed E-state index contributed by atoms with van der Waals surface area (Å²) in [5, 5.41) is 3.10. The molecule has 0 aromatic heterocycles. The number of nitrogens with zero attached hydrogens (tertiary/aromatic N) is 2. The molecule has 2 aromatic rings. The molecule has 0 atom stereocenters. The molecule has 0 fully saturated rings. The molecule has 1 amide bonds. The number of guanidine groups is 1. The van der Waals surface area contributed by atoms with Crippen molar-refractivity contribution in [2.45, 2.75) is 20.3 Å². The first-order chi connectivity index (χ1) is 11.5. The zero-order valence-corrected chi connectivity index (χ0v) is 14.0. The molecule has 24 heavy (non-hydrogen) atoms. The number of amides is 1. The van der Waals surface area contributed by atoms with E-state index in [4.69, 9.17) is 5.73 Å². The van der Waals surface area contributed by atoms with Crippen LogP contribution in [-0.2, 0) is 11.2 Å². The highest BCUT2D eigenvalue weighted by Crippen LogP contribution is 2.27. The van der Waals surface area contributed by atoms with Gasteiger partial charge in [-0.25, -0.2) is 0 Å². The summed E-state index contributed by atoms with van der Waals surface area (Å²) in [6, 6.07) is 14.0. The van der Waals surface area contributed by atoms with E-state index in [1.807, 2.05) is 50.2 Å². The number of para-hydroxylation sites is 1. The van der Waals surface area contributed by atoms with Gasteiger partial charge in [0.25, 0.3) is 0 Å². The predicted octanol–water partition coefficient (Wildman–Crippen LogP) is 2.62. The van der Waals surface area contributed by atoms with Crippen LogP contribution >= 0.6 is 0 Å². The number of nitrogens with two attached hydrogens (primary N) is 1. The van der Waals surface area contributed by atoms with Crippen LogP contribution < -0.4 is 16.0 Å². The summed E-state index contributed by atoms with van der Waals surface area (Å²) in [5.41, 5.74) is 11.3. The van der Waals surface area contributed by atoms with Gasteiger partial charge in [-0.1, -0.05) is 24.3 Å². The summed E-state index contributed by atoms with van der Waals surface area (Å²) in [4.78, 5) is 18.2. The number of rotatable bonds is 4. The SMILES string of the molecule is Cc1cc(C)cc(NC(N)=NCCN2C(=O)Cc3ccccc32)c1. The standard InChI is InChI=1S/C19H22N4O/c1-13-9-14(2)11-16(10-13)22-19(20)21-7-8-23-17-6-4-3-5-15(17)12-18(23)24/h3-6,9-11H,7-8,12H2,1-2H3,(H3,20,21,22). The Morgan fingerprint density at radius 2 is 1.92 bits per heavy atom. The lowest BCUT2D eigenvalue weighted by molar-refractivity contribution is -0.117. The van der Waals surface area contributed by atoms with E-state index < -0.39 is 0 Å². The Morgan fingerprint density at radius 3 is 2.67 bits per heavy atom. The van der Waals surface area contributed by atoms with E-state index in [1.54, 1.807) is 4.90 Å². The minimum atomic E-state index is 0.118. The van der Waals surface area contributed by atoms with Crippen LogP contribution in [0.4, 0.5) is 11.4 Å². The van der Waals surface area contributed by atoms with Gasteiger partial charge in [0.1, 0.15) is 0 Å². The second-order valence-electron chi connectivity index (χ2n) is 6.12. The van der Waals surface area contributed by atoms with Crippen LogP contribution in [0.25, 0.3) is 0 Å². The molecule has 0 bridgehead atoms. The molecule has 5 heteroatoms. The van der Waals surface area contributed by atoms with E-state index in [1.165, 1.54) is 11.1 Å². The highest BCUT2D eigenvalue weighted by Gasteiger charge is 2.25. The molecule has 1 aliphatic rings. The Morgan fingerprint density at radius 1 is 1.21 bits per heavy atom. The molecule has 0 aliphatic carbocycles. The summed E-state index contributed by atoms with van der Waals surface area (Å²) < 4.78 is 0. The van der Waals surface area contributed by atoms with E-state index in [9.17, 15) is 4.79 Å². The molecular formula is C19H22N4O. The maximum Gasteiger partial charge on any atom is 0.231 e. The van der Waals surface area contributed by atoms with Gasteiger partial charge in [-0.05, 0) is 48.7 Å². The van der Waals surface area contributed by atoms with Crippen LogP contribution in [0.2, 0.25) is 0 Å². The van der Waals surface area contributed by atoms with Crippen LogP contribution in [0, 0.1) is 13.8 Å². The average molecular weight is 322 g/mol. The molecule has 124 valence electrons. The molecule has 2 aromatic carbocycles. The van der Waals surface area contributed by atoms with Crippen LogP contribution in [-0.4, -0.2) is 25.0 Å². The number of hydrogen-bond donors (Lipinski definition) is 2. The van der Waals surface area contributed by atoms with E-state index in [0.29, 0.717) is 25.5 Å². The fourth-order valence-electron chi connectivity index (χ4n) is 3.07. The minimum Gasteiger partial charge on any atom is -0.370 e. The van der Waals surface area contributed by atoms with Gasteiger partial charge in [-0.15, -0.1) is 0 Å². The van der Waals surface area contributed by atoms with Gasteiger partial charge in [0.2, 0.25) is 5.91 Å². The van der Waals surface area contributed by atoms with Crippen molar-refractivity contribution in [3.63, 3.8) is 0 Å².